The van der Waals surface area contributed by atoms with Crippen molar-refractivity contribution in [1.82, 2.24) is 0 Å². The number of nitrogens with zero attached hydrogens (tertiary/aromatic N) is 1. The first kappa shape index (κ1) is 11.4. The maximum Gasteiger partial charge on any atom is 0.328 e. The number of carboxylic acids is 1. The van der Waals surface area contributed by atoms with E-state index in [-0.39, 0.29) is 6.04 Å². The lowest BCUT2D eigenvalue weighted by molar-refractivity contribution is -0.131. The van der Waals surface area contributed by atoms with Crippen LogP contribution in [0.25, 0.3) is 0 Å². The van der Waals surface area contributed by atoms with E-state index in [1.165, 1.54) is 6.08 Å². The van der Waals surface area contributed by atoms with E-state index in [0.717, 1.165) is 5.56 Å². The molecule has 0 fully saturated rings. The fourth-order valence-electron chi connectivity index (χ4n) is 1.64. The Morgan fingerprint density at radius 2 is 2.18 bits per heavy atom. The zero-order valence-corrected chi connectivity index (χ0v) is 9.46. The molecule has 1 N–H and O–H groups in total. The van der Waals surface area contributed by atoms with Crippen molar-refractivity contribution in [3.8, 4) is 0 Å². The molecule has 0 aliphatic carbocycles. The van der Waals surface area contributed by atoms with Gasteiger partial charge in [-0.2, -0.15) is 0 Å². The summed E-state index contributed by atoms with van der Waals surface area (Å²) in [7, 11) is 0. The lowest BCUT2D eigenvalue weighted by Crippen LogP contribution is -2.09. The average molecular weight is 231 g/mol. The van der Waals surface area contributed by atoms with Crippen LogP contribution in [0.3, 0.4) is 0 Å². The van der Waals surface area contributed by atoms with Gasteiger partial charge in [0.05, 0.1) is 0 Å². The molecule has 4 nitrogen and oxygen atoms in total. The summed E-state index contributed by atoms with van der Waals surface area (Å²) < 4.78 is 5.47. The Kier molecular flexibility index (Phi) is 3.23. The van der Waals surface area contributed by atoms with Crippen molar-refractivity contribution >= 4 is 11.9 Å². The topological polar surface area (TPSA) is 58.9 Å². The number of hydrogen-bond donors (Lipinski definition) is 1. The zero-order chi connectivity index (χ0) is 12.3. The minimum Gasteiger partial charge on any atom is -0.478 e. The second kappa shape index (κ2) is 4.82. The average Bonchev–Trinajstić information content (AvgIpc) is 2.78. The molecule has 1 heterocycles. The molecule has 1 atom stereocenters. The summed E-state index contributed by atoms with van der Waals surface area (Å²) >= 11 is 0. The number of hydrogen-bond acceptors (Lipinski definition) is 3. The summed E-state index contributed by atoms with van der Waals surface area (Å²) in [6, 6.07) is 9.38. The number of ether oxygens (including phenoxy) is 1. The molecule has 2 rings (SSSR count). The monoisotopic (exact) mass is 231 g/mol. The Hall–Kier alpha value is -2.10. The Morgan fingerprint density at radius 3 is 2.82 bits per heavy atom. The second-order valence-electron chi connectivity index (χ2n) is 3.85. The summed E-state index contributed by atoms with van der Waals surface area (Å²) in [5, 5.41) is 8.66. The van der Waals surface area contributed by atoms with E-state index in [4.69, 9.17) is 9.84 Å². The number of rotatable bonds is 3. The van der Waals surface area contributed by atoms with E-state index >= 15 is 0 Å². The van der Waals surface area contributed by atoms with Crippen LogP contribution in [0.2, 0.25) is 0 Å². The van der Waals surface area contributed by atoms with Crippen LogP contribution in [0.15, 0.2) is 47.0 Å². The predicted octanol–water partition coefficient (Wildman–Crippen LogP) is 1.86. The third-order valence-corrected chi connectivity index (χ3v) is 2.55. The normalized spacial score (nSPS) is 19.7. The van der Waals surface area contributed by atoms with E-state index in [1.54, 1.807) is 6.92 Å². The van der Waals surface area contributed by atoms with E-state index in [1.807, 2.05) is 30.3 Å². The molecule has 88 valence electrons. The van der Waals surface area contributed by atoms with E-state index in [0.29, 0.717) is 18.1 Å². The highest BCUT2D eigenvalue weighted by Gasteiger charge is 2.21. The van der Waals surface area contributed by atoms with Gasteiger partial charge in [0, 0.05) is 11.6 Å². The van der Waals surface area contributed by atoms with Crippen LogP contribution in [0, 0.1) is 0 Å². The Labute approximate surface area is 99.3 Å². The maximum atomic E-state index is 10.6. The van der Waals surface area contributed by atoms with Gasteiger partial charge in [-0.25, -0.2) is 9.79 Å². The van der Waals surface area contributed by atoms with Gasteiger partial charge in [0.25, 0.3) is 0 Å². The summed E-state index contributed by atoms with van der Waals surface area (Å²) in [5.41, 5.74) is 1.61. The number of carbonyl (C=O) groups is 1. The minimum absolute atomic E-state index is 0.193. The molecule has 0 aromatic heterocycles. The van der Waals surface area contributed by atoms with Gasteiger partial charge < -0.3 is 9.84 Å². The number of aliphatic carboxylic acids is 1. The Morgan fingerprint density at radius 1 is 1.47 bits per heavy atom. The third-order valence-electron chi connectivity index (χ3n) is 2.55. The molecule has 1 aromatic rings. The first-order valence-corrected chi connectivity index (χ1v) is 5.34. The predicted molar refractivity (Wildman–Crippen MR) is 64.1 cm³/mol. The van der Waals surface area contributed by atoms with Crippen molar-refractivity contribution < 1.29 is 14.6 Å². The van der Waals surface area contributed by atoms with Gasteiger partial charge in [0.2, 0.25) is 5.90 Å². The quantitative estimate of drug-likeness (QED) is 0.808. The van der Waals surface area contributed by atoms with Crippen molar-refractivity contribution in [3.05, 3.63) is 47.5 Å². The molecule has 17 heavy (non-hydrogen) atoms. The highest BCUT2D eigenvalue weighted by molar-refractivity contribution is 5.95. The van der Waals surface area contributed by atoms with Crippen LogP contribution in [0.4, 0.5) is 0 Å². The van der Waals surface area contributed by atoms with Crippen LogP contribution in [-0.4, -0.2) is 29.6 Å². The van der Waals surface area contributed by atoms with E-state index < -0.39 is 5.97 Å². The fraction of sp³-hybridized carbons (Fsp3) is 0.231. The standard InChI is InChI=1S/C13H13NO3/c1-9(7-12(15)16)11-8-17-13(14-11)10-5-3-2-4-6-10/h2-7,11H,8H2,1H3,(H,15,16). The molecule has 1 unspecified atom stereocenters. The molecule has 0 amide bonds. The fourth-order valence-corrected chi connectivity index (χ4v) is 1.64. The Bertz CT molecular complexity index is 477. The minimum atomic E-state index is -0.953. The molecular weight excluding hydrogens is 218 g/mol. The highest BCUT2D eigenvalue weighted by Crippen LogP contribution is 2.17. The molecule has 0 bridgehead atoms. The SMILES string of the molecule is CC(=CC(=O)O)C1COC(c2ccccc2)=N1. The number of aliphatic imine (C=N–C) groups is 1. The van der Waals surface area contributed by atoms with Gasteiger partial charge in [-0.05, 0) is 24.6 Å². The maximum absolute atomic E-state index is 10.6. The van der Waals surface area contributed by atoms with Gasteiger partial charge in [0.1, 0.15) is 12.6 Å². The first-order valence-electron chi connectivity index (χ1n) is 5.34. The van der Waals surface area contributed by atoms with Crippen molar-refractivity contribution in [2.24, 2.45) is 4.99 Å². The molecule has 1 aliphatic heterocycles. The zero-order valence-electron chi connectivity index (χ0n) is 9.46. The molecule has 0 radical (unpaired) electrons. The summed E-state index contributed by atoms with van der Waals surface area (Å²) in [6.45, 7) is 2.15. The summed E-state index contributed by atoms with van der Waals surface area (Å²) in [6.07, 6.45) is 1.17. The highest BCUT2D eigenvalue weighted by atomic mass is 16.5. The van der Waals surface area contributed by atoms with Gasteiger partial charge in [0.15, 0.2) is 0 Å². The largest absolute Gasteiger partial charge is 0.478 e. The van der Waals surface area contributed by atoms with Gasteiger partial charge in [-0.3, -0.25) is 0 Å². The van der Waals surface area contributed by atoms with Crippen LogP contribution in [0.5, 0.6) is 0 Å². The van der Waals surface area contributed by atoms with Crippen LogP contribution < -0.4 is 0 Å². The van der Waals surface area contributed by atoms with Crippen molar-refractivity contribution in [3.63, 3.8) is 0 Å². The van der Waals surface area contributed by atoms with E-state index in [2.05, 4.69) is 4.99 Å². The lowest BCUT2D eigenvalue weighted by atomic mass is 10.1. The summed E-state index contributed by atoms with van der Waals surface area (Å²) in [4.78, 5) is 14.9. The molecule has 0 saturated carbocycles. The smallest absolute Gasteiger partial charge is 0.328 e. The van der Waals surface area contributed by atoms with Crippen molar-refractivity contribution in [1.29, 1.82) is 0 Å². The number of carboxylic acid groups (broad SMARTS) is 1. The third kappa shape index (κ3) is 2.72. The first-order chi connectivity index (χ1) is 8.16. The summed E-state index contributed by atoms with van der Waals surface area (Å²) in [5.74, 6) is -0.375. The van der Waals surface area contributed by atoms with Crippen molar-refractivity contribution in [2.75, 3.05) is 6.61 Å². The molecule has 0 spiro atoms. The molecule has 4 heteroatoms. The van der Waals surface area contributed by atoms with Crippen LogP contribution in [0.1, 0.15) is 12.5 Å². The lowest BCUT2D eigenvalue weighted by Gasteiger charge is -2.02. The van der Waals surface area contributed by atoms with Crippen molar-refractivity contribution in [2.45, 2.75) is 13.0 Å². The van der Waals surface area contributed by atoms with Gasteiger partial charge >= 0.3 is 5.97 Å². The van der Waals surface area contributed by atoms with Crippen LogP contribution in [-0.2, 0) is 9.53 Å². The van der Waals surface area contributed by atoms with E-state index in [9.17, 15) is 4.79 Å². The molecule has 1 aromatic carbocycles. The molecule has 0 saturated heterocycles. The van der Waals surface area contributed by atoms with Gasteiger partial charge in [-0.15, -0.1) is 0 Å². The molecular formula is C13H13NO3. The van der Waals surface area contributed by atoms with Gasteiger partial charge in [-0.1, -0.05) is 18.2 Å². The number of benzene rings is 1. The Balaban J connectivity index is 2.17. The molecule has 1 aliphatic rings. The second-order valence-corrected chi connectivity index (χ2v) is 3.85. The van der Waals surface area contributed by atoms with Crippen LogP contribution >= 0.6 is 0 Å².